The van der Waals surface area contributed by atoms with Crippen LogP contribution >= 0.6 is 0 Å². The third kappa shape index (κ3) is 4.34. The Morgan fingerprint density at radius 3 is 2.45 bits per heavy atom. The summed E-state index contributed by atoms with van der Waals surface area (Å²) in [5.41, 5.74) is 0.662. The predicted molar refractivity (Wildman–Crippen MR) is 134 cm³/mol. The SMILES string of the molecule is O=S(=O)(c1ccc(C(F)(F)F)cc1)N1CCC2=Cc3c(cnn3-c3ccc(F)cc3)CC2([C@H](O)c2ncco2)C1. The molecule has 2 aromatic carbocycles. The molecule has 4 aromatic rings. The van der Waals surface area contributed by atoms with Crippen molar-refractivity contribution in [3.8, 4) is 5.69 Å². The molecule has 0 amide bonds. The van der Waals surface area contributed by atoms with E-state index in [1.54, 1.807) is 23.0 Å². The highest BCUT2D eigenvalue weighted by molar-refractivity contribution is 7.89. The van der Waals surface area contributed by atoms with Crippen molar-refractivity contribution in [2.24, 2.45) is 5.41 Å². The molecule has 8 nitrogen and oxygen atoms in total. The molecule has 2 atom stereocenters. The average Bonchev–Trinajstić information content (AvgIpc) is 3.61. The van der Waals surface area contributed by atoms with Crippen molar-refractivity contribution >= 4 is 16.1 Å². The van der Waals surface area contributed by atoms with E-state index in [-0.39, 0.29) is 36.7 Å². The van der Waals surface area contributed by atoms with Crippen LogP contribution in [0.15, 0.2) is 82.1 Å². The van der Waals surface area contributed by atoms with Gasteiger partial charge in [-0.1, -0.05) is 5.57 Å². The number of aromatic nitrogens is 3. The minimum atomic E-state index is -4.60. The molecule has 6 rings (SSSR count). The van der Waals surface area contributed by atoms with E-state index in [9.17, 15) is 31.1 Å². The molecule has 2 aliphatic rings. The highest BCUT2D eigenvalue weighted by atomic mass is 32.2. The summed E-state index contributed by atoms with van der Waals surface area (Å²) in [7, 11) is -4.21. The molecule has 1 aliphatic heterocycles. The Morgan fingerprint density at radius 2 is 1.80 bits per heavy atom. The third-order valence-corrected chi connectivity index (χ3v) is 9.39. The summed E-state index contributed by atoms with van der Waals surface area (Å²) in [6.07, 6.45) is 0.612. The Bertz CT molecular complexity index is 1680. The summed E-state index contributed by atoms with van der Waals surface area (Å²) in [6.45, 7) is -0.137. The quantitative estimate of drug-likeness (QED) is 0.345. The van der Waals surface area contributed by atoms with E-state index < -0.39 is 39.1 Å². The number of benzene rings is 2. The number of rotatable bonds is 5. The van der Waals surface area contributed by atoms with Crippen LogP contribution in [0, 0.1) is 11.2 Å². The van der Waals surface area contributed by atoms with Gasteiger partial charge in [0.25, 0.3) is 0 Å². The minimum Gasteiger partial charge on any atom is -0.446 e. The number of piperidine rings is 1. The van der Waals surface area contributed by atoms with E-state index >= 15 is 0 Å². The van der Waals surface area contributed by atoms with Gasteiger partial charge in [0.15, 0.2) is 0 Å². The summed E-state index contributed by atoms with van der Waals surface area (Å²) in [5.74, 6) is -0.383. The Kier molecular flexibility index (Phi) is 6.20. The van der Waals surface area contributed by atoms with E-state index in [0.717, 1.165) is 35.5 Å². The topological polar surface area (TPSA) is 101 Å². The van der Waals surface area contributed by atoms with Gasteiger partial charge in [-0.25, -0.2) is 22.5 Å². The highest BCUT2D eigenvalue weighted by Crippen LogP contribution is 2.52. The molecular formula is C27H22F4N4O4S. The molecule has 40 heavy (non-hydrogen) atoms. The largest absolute Gasteiger partial charge is 0.446 e. The van der Waals surface area contributed by atoms with Crippen molar-refractivity contribution in [1.82, 2.24) is 19.1 Å². The van der Waals surface area contributed by atoms with E-state index in [1.165, 1.54) is 28.9 Å². The van der Waals surface area contributed by atoms with Crippen LogP contribution in [-0.2, 0) is 22.6 Å². The maximum atomic E-state index is 13.6. The summed E-state index contributed by atoms with van der Waals surface area (Å²) >= 11 is 0. The second-order valence-electron chi connectivity index (χ2n) is 9.83. The van der Waals surface area contributed by atoms with Crippen LogP contribution in [-0.4, -0.2) is 45.7 Å². The molecule has 0 spiro atoms. The van der Waals surface area contributed by atoms with Crippen LogP contribution in [0.4, 0.5) is 17.6 Å². The van der Waals surface area contributed by atoms with Crippen molar-refractivity contribution in [3.05, 3.63) is 101 Å². The van der Waals surface area contributed by atoms with Crippen LogP contribution in [0.5, 0.6) is 0 Å². The number of halogens is 4. The van der Waals surface area contributed by atoms with Gasteiger partial charge < -0.3 is 9.52 Å². The maximum absolute atomic E-state index is 13.6. The molecule has 0 radical (unpaired) electrons. The monoisotopic (exact) mass is 574 g/mol. The zero-order valence-corrected chi connectivity index (χ0v) is 21.5. The second-order valence-corrected chi connectivity index (χ2v) is 11.8. The molecule has 1 fully saturated rings. The maximum Gasteiger partial charge on any atom is 0.416 e. The lowest BCUT2D eigenvalue weighted by Crippen LogP contribution is -2.52. The molecular weight excluding hydrogens is 552 g/mol. The second kappa shape index (κ2) is 9.39. The van der Waals surface area contributed by atoms with Gasteiger partial charge in [0.1, 0.15) is 18.2 Å². The van der Waals surface area contributed by atoms with Crippen molar-refractivity contribution in [2.75, 3.05) is 13.1 Å². The molecule has 0 bridgehead atoms. The lowest BCUT2D eigenvalue weighted by atomic mass is 9.65. The predicted octanol–water partition coefficient (Wildman–Crippen LogP) is 4.77. The van der Waals surface area contributed by atoms with E-state index in [0.29, 0.717) is 11.3 Å². The number of nitrogens with zero attached hydrogens (tertiary/aromatic N) is 4. The summed E-state index contributed by atoms with van der Waals surface area (Å²) in [5, 5.41) is 16.0. The van der Waals surface area contributed by atoms with Crippen LogP contribution in [0.25, 0.3) is 11.8 Å². The normalized spacial score (nSPS) is 20.5. The number of alkyl halides is 3. The first kappa shape index (κ1) is 26.4. The Balaban J connectivity index is 1.40. The zero-order chi connectivity index (χ0) is 28.3. The highest BCUT2D eigenvalue weighted by Gasteiger charge is 2.52. The van der Waals surface area contributed by atoms with Crippen molar-refractivity contribution < 1.29 is 35.5 Å². The number of hydrogen-bond acceptors (Lipinski definition) is 6. The molecule has 1 N–H and O–H groups in total. The molecule has 13 heteroatoms. The van der Waals surface area contributed by atoms with Crippen molar-refractivity contribution in [2.45, 2.75) is 30.0 Å². The standard InChI is InChI=1S/C27H22F4N4O4S/c28-20-3-5-21(6-4-20)35-23-13-19-9-11-34(40(37,38)22-7-1-18(2-8-22)27(29,30)31)16-26(19,14-17(23)15-33-35)24(36)25-32-10-12-39-25/h1-8,10,12-13,15,24,36H,9,11,14,16H2/t24-,26?/m1/s1. The van der Waals surface area contributed by atoms with Gasteiger partial charge in [-0.05, 0) is 73.0 Å². The van der Waals surface area contributed by atoms with Gasteiger partial charge in [0, 0.05) is 18.5 Å². The molecule has 1 aliphatic carbocycles. The van der Waals surface area contributed by atoms with Crippen molar-refractivity contribution in [1.29, 1.82) is 0 Å². The van der Waals surface area contributed by atoms with Crippen LogP contribution in [0.1, 0.15) is 35.2 Å². The smallest absolute Gasteiger partial charge is 0.416 e. The number of fused-ring (bicyclic) bond motifs is 2. The van der Waals surface area contributed by atoms with E-state index in [1.807, 2.05) is 6.08 Å². The van der Waals surface area contributed by atoms with Gasteiger partial charge in [-0.15, -0.1) is 0 Å². The average molecular weight is 575 g/mol. The fourth-order valence-corrected chi connectivity index (χ4v) is 6.99. The first-order valence-electron chi connectivity index (χ1n) is 12.3. The summed E-state index contributed by atoms with van der Waals surface area (Å²) in [4.78, 5) is 3.81. The molecule has 3 heterocycles. The fraction of sp³-hybridized carbons (Fsp3) is 0.259. The minimum absolute atomic E-state index is 0.00838. The molecule has 1 saturated heterocycles. The first-order chi connectivity index (χ1) is 19.0. The van der Waals surface area contributed by atoms with E-state index in [4.69, 9.17) is 4.42 Å². The lowest BCUT2D eigenvalue weighted by molar-refractivity contribution is -0.137. The van der Waals surface area contributed by atoms with Crippen LogP contribution in [0.2, 0.25) is 0 Å². The van der Waals surface area contributed by atoms with Crippen LogP contribution < -0.4 is 0 Å². The number of aliphatic hydroxyl groups is 1. The number of aliphatic hydroxyl groups excluding tert-OH is 1. The fourth-order valence-electron chi connectivity index (χ4n) is 5.48. The van der Waals surface area contributed by atoms with Gasteiger partial charge >= 0.3 is 6.18 Å². The van der Waals surface area contributed by atoms with Gasteiger partial charge in [0.2, 0.25) is 15.9 Å². The molecule has 208 valence electrons. The van der Waals surface area contributed by atoms with Gasteiger partial charge in [-0.3, -0.25) is 0 Å². The van der Waals surface area contributed by atoms with Crippen LogP contribution in [0.3, 0.4) is 0 Å². The Labute approximate surface area is 226 Å². The molecule has 2 aromatic heterocycles. The lowest BCUT2D eigenvalue weighted by Gasteiger charge is -2.47. The number of sulfonamides is 1. The van der Waals surface area contributed by atoms with Gasteiger partial charge in [-0.2, -0.15) is 22.6 Å². The van der Waals surface area contributed by atoms with Crippen molar-refractivity contribution in [3.63, 3.8) is 0 Å². The third-order valence-electron chi connectivity index (χ3n) is 7.53. The summed E-state index contributed by atoms with van der Waals surface area (Å²) in [6, 6.07) is 9.15. The van der Waals surface area contributed by atoms with Gasteiger partial charge in [0.05, 0.1) is 34.2 Å². The number of hydrogen-bond donors (Lipinski definition) is 1. The number of oxazole rings is 1. The molecule has 1 unspecified atom stereocenters. The zero-order valence-electron chi connectivity index (χ0n) is 20.7. The first-order valence-corrected chi connectivity index (χ1v) is 13.7. The molecule has 0 saturated carbocycles. The van der Waals surface area contributed by atoms with E-state index in [2.05, 4.69) is 10.1 Å². The summed E-state index contributed by atoms with van der Waals surface area (Å²) < 4.78 is 88.1. The Morgan fingerprint density at radius 1 is 1.07 bits per heavy atom. The Hall–Kier alpha value is -3.81.